The van der Waals surface area contributed by atoms with E-state index in [1.807, 2.05) is 37.1 Å². The lowest BCUT2D eigenvalue weighted by Gasteiger charge is -2.34. The normalized spacial score (nSPS) is 15.1. The van der Waals surface area contributed by atoms with Crippen molar-refractivity contribution in [1.82, 2.24) is 34.4 Å². The molecule has 0 radical (unpaired) electrons. The SMILES string of the molecule is Cc1cc(C)n2nc(CC(=O)N3CCN(Cc4cccc5cccnc45)CC3)nc2n1. The van der Waals surface area contributed by atoms with Gasteiger partial charge in [0.2, 0.25) is 5.91 Å². The third-order valence-corrected chi connectivity index (χ3v) is 5.81. The van der Waals surface area contributed by atoms with Crippen LogP contribution in [-0.2, 0) is 17.8 Å². The lowest BCUT2D eigenvalue weighted by atomic mass is 10.1. The van der Waals surface area contributed by atoms with Crippen LogP contribution in [0.4, 0.5) is 0 Å². The first-order chi connectivity index (χ1) is 15.1. The van der Waals surface area contributed by atoms with E-state index in [1.165, 1.54) is 5.56 Å². The molecule has 0 N–H and O–H groups in total. The Morgan fingerprint density at radius 1 is 1.03 bits per heavy atom. The quantitative estimate of drug-likeness (QED) is 0.508. The van der Waals surface area contributed by atoms with E-state index >= 15 is 0 Å². The number of hydrogen-bond acceptors (Lipinski definition) is 6. The molecule has 8 nitrogen and oxygen atoms in total. The molecule has 158 valence electrons. The van der Waals surface area contributed by atoms with Crippen molar-refractivity contribution in [3.8, 4) is 0 Å². The summed E-state index contributed by atoms with van der Waals surface area (Å²) in [6.45, 7) is 7.84. The molecule has 0 unspecified atom stereocenters. The molecule has 1 aliphatic heterocycles. The number of aryl methyl sites for hydroxylation is 2. The number of pyridine rings is 1. The molecule has 0 spiro atoms. The summed E-state index contributed by atoms with van der Waals surface area (Å²) >= 11 is 0. The highest BCUT2D eigenvalue weighted by Gasteiger charge is 2.23. The summed E-state index contributed by atoms with van der Waals surface area (Å²) < 4.78 is 1.70. The van der Waals surface area contributed by atoms with E-state index in [4.69, 9.17) is 0 Å². The number of aromatic nitrogens is 5. The van der Waals surface area contributed by atoms with Gasteiger partial charge >= 0.3 is 0 Å². The Kier molecular flexibility index (Phi) is 5.07. The van der Waals surface area contributed by atoms with Crippen LogP contribution >= 0.6 is 0 Å². The molecule has 3 aromatic heterocycles. The van der Waals surface area contributed by atoms with Gasteiger partial charge in [0.25, 0.3) is 5.78 Å². The van der Waals surface area contributed by atoms with Crippen LogP contribution in [0.3, 0.4) is 0 Å². The van der Waals surface area contributed by atoms with Crippen LogP contribution in [0.5, 0.6) is 0 Å². The molecule has 1 amide bonds. The van der Waals surface area contributed by atoms with Crippen molar-refractivity contribution in [1.29, 1.82) is 0 Å². The van der Waals surface area contributed by atoms with Gasteiger partial charge in [-0.25, -0.2) is 9.50 Å². The average Bonchev–Trinajstić information content (AvgIpc) is 3.17. The van der Waals surface area contributed by atoms with Gasteiger partial charge in [0.05, 0.1) is 11.9 Å². The van der Waals surface area contributed by atoms with Crippen molar-refractivity contribution in [2.75, 3.05) is 26.2 Å². The van der Waals surface area contributed by atoms with Gasteiger partial charge in [0.1, 0.15) is 0 Å². The first-order valence-electron chi connectivity index (χ1n) is 10.6. The van der Waals surface area contributed by atoms with Crippen molar-refractivity contribution < 1.29 is 4.79 Å². The second-order valence-electron chi connectivity index (χ2n) is 8.10. The predicted molar refractivity (Wildman–Crippen MR) is 118 cm³/mol. The summed E-state index contributed by atoms with van der Waals surface area (Å²) in [4.78, 5) is 30.5. The van der Waals surface area contributed by atoms with Crippen LogP contribution in [0.15, 0.2) is 42.6 Å². The number of carbonyl (C=O) groups excluding carboxylic acids is 1. The fourth-order valence-electron chi connectivity index (χ4n) is 4.22. The maximum absolute atomic E-state index is 12.8. The highest BCUT2D eigenvalue weighted by Crippen LogP contribution is 2.18. The molecule has 8 heteroatoms. The monoisotopic (exact) mass is 415 g/mol. The second kappa shape index (κ2) is 8.03. The van der Waals surface area contributed by atoms with E-state index in [-0.39, 0.29) is 12.3 Å². The fraction of sp³-hybridized carbons (Fsp3) is 0.348. The molecule has 4 aromatic rings. The Morgan fingerprint density at radius 2 is 1.84 bits per heavy atom. The Morgan fingerprint density at radius 3 is 2.68 bits per heavy atom. The molecular formula is C23H25N7O. The lowest BCUT2D eigenvalue weighted by Crippen LogP contribution is -2.48. The number of amides is 1. The summed E-state index contributed by atoms with van der Waals surface area (Å²) in [5.74, 6) is 1.14. The molecule has 1 aliphatic rings. The lowest BCUT2D eigenvalue weighted by molar-refractivity contribution is -0.132. The molecule has 0 atom stereocenters. The first kappa shape index (κ1) is 19.6. The van der Waals surface area contributed by atoms with E-state index < -0.39 is 0 Å². The fourth-order valence-corrected chi connectivity index (χ4v) is 4.22. The number of para-hydroxylation sites is 1. The van der Waals surface area contributed by atoms with Gasteiger partial charge in [-0.3, -0.25) is 14.7 Å². The van der Waals surface area contributed by atoms with Crippen LogP contribution in [0, 0.1) is 13.8 Å². The third-order valence-electron chi connectivity index (χ3n) is 5.81. The first-order valence-corrected chi connectivity index (χ1v) is 10.6. The smallest absolute Gasteiger partial charge is 0.252 e. The van der Waals surface area contributed by atoms with E-state index in [0.29, 0.717) is 24.7 Å². The van der Waals surface area contributed by atoms with Gasteiger partial charge in [-0.2, -0.15) is 4.98 Å². The average molecular weight is 416 g/mol. The van der Waals surface area contributed by atoms with E-state index in [2.05, 4.69) is 49.2 Å². The molecule has 1 saturated heterocycles. The Labute approximate surface area is 180 Å². The topological polar surface area (TPSA) is 79.5 Å². The van der Waals surface area contributed by atoms with E-state index in [1.54, 1.807) is 4.52 Å². The van der Waals surface area contributed by atoms with Gasteiger partial charge in [-0.1, -0.05) is 24.3 Å². The van der Waals surface area contributed by atoms with Gasteiger partial charge < -0.3 is 4.90 Å². The number of fused-ring (bicyclic) bond motifs is 2. The highest BCUT2D eigenvalue weighted by molar-refractivity contribution is 5.81. The highest BCUT2D eigenvalue weighted by atomic mass is 16.2. The number of nitrogens with zero attached hydrogens (tertiary/aromatic N) is 7. The van der Waals surface area contributed by atoms with Crippen molar-refractivity contribution in [2.45, 2.75) is 26.8 Å². The van der Waals surface area contributed by atoms with Crippen molar-refractivity contribution in [2.24, 2.45) is 0 Å². The Hall–Kier alpha value is -3.39. The van der Waals surface area contributed by atoms with Crippen molar-refractivity contribution in [3.05, 3.63) is 65.4 Å². The van der Waals surface area contributed by atoms with Gasteiger partial charge in [0.15, 0.2) is 5.82 Å². The molecule has 31 heavy (non-hydrogen) atoms. The van der Waals surface area contributed by atoms with Gasteiger partial charge in [-0.05, 0) is 31.5 Å². The number of benzene rings is 1. The Balaban J connectivity index is 1.21. The van der Waals surface area contributed by atoms with Crippen LogP contribution in [-0.4, -0.2) is 66.5 Å². The molecule has 5 rings (SSSR count). The molecule has 0 bridgehead atoms. The van der Waals surface area contributed by atoms with E-state index in [9.17, 15) is 4.79 Å². The van der Waals surface area contributed by atoms with Crippen molar-refractivity contribution >= 4 is 22.6 Å². The zero-order chi connectivity index (χ0) is 21.4. The zero-order valence-electron chi connectivity index (χ0n) is 17.8. The summed E-state index contributed by atoms with van der Waals surface area (Å²) in [5.41, 5.74) is 4.14. The van der Waals surface area contributed by atoms with Crippen LogP contribution in [0.1, 0.15) is 22.8 Å². The van der Waals surface area contributed by atoms with Gasteiger partial charge in [0, 0.05) is 55.7 Å². The maximum Gasteiger partial charge on any atom is 0.252 e. The molecule has 1 fully saturated rings. The van der Waals surface area contributed by atoms with Crippen LogP contribution < -0.4 is 0 Å². The van der Waals surface area contributed by atoms with E-state index in [0.717, 1.165) is 41.9 Å². The summed E-state index contributed by atoms with van der Waals surface area (Å²) in [7, 11) is 0. The number of rotatable bonds is 4. The minimum Gasteiger partial charge on any atom is -0.340 e. The second-order valence-corrected chi connectivity index (χ2v) is 8.10. The Bertz CT molecular complexity index is 1250. The van der Waals surface area contributed by atoms with Crippen LogP contribution in [0.2, 0.25) is 0 Å². The molecule has 0 aliphatic carbocycles. The summed E-state index contributed by atoms with van der Waals surface area (Å²) in [6.07, 6.45) is 2.04. The van der Waals surface area contributed by atoms with Crippen LogP contribution in [0.25, 0.3) is 16.7 Å². The summed E-state index contributed by atoms with van der Waals surface area (Å²) in [6, 6.07) is 12.3. The molecule has 4 heterocycles. The number of hydrogen-bond donors (Lipinski definition) is 0. The largest absolute Gasteiger partial charge is 0.340 e. The predicted octanol–water partition coefficient (Wildman–Crippen LogP) is 2.18. The van der Waals surface area contributed by atoms with Gasteiger partial charge in [-0.15, -0.1) is 5.10 Å². The molecule has 0 saturated carbocycles. The number of carbonyl (C=O) groups is 1. The minimum atomic E-state index is 0.0664. The summed E-state index contributed by atoms with van der Waals surface area (Å²) in [5, 5.41) is 5.63. The standard InChI is InChI=1S/C23H25N7O/c1-16-13-17(2)30-23(25-16)26-20(27-30)14-21(31)29-11-9-28(10-12-29)15-19-6-3-5-18-7-4-8-24-22(18)19/h3-8,13H,9-12,14-15H2,1-2H3. The third kappa shape index (κ3) is 3.98. The maximum atomic E-state index is 12.8. The number of piperazine rings is 1. The zero-order valence-corrected chi connectivity index (χ0v) is 17.8. The molecule has 1 aromatic carbocycles. The van der Waals surface area contributed by atoms with Crippen molar-refractivity contribution in [3.63, 3.8) is 0 Å². The minimum absolute atomic E-state index is 0.0664. The molecular weight excluding hydrogens is 390 g/mol.